The summed E-state index contributed by atoms with van der Waals surface area (Å²) in [7, 11) is -3.82. The largest absolute Gasteiger partial charge is 0.489 e. The lowest BCUT2D eigenvalue weighted by molar-refractivity contribution is 0.0691. The number of ether oxygens (including phenoxy) is 1. The number of nitrogens with two attached hydrogens (primary N) is 1. The topological polar surface area (TPSA) is 137 Å². The normalized spacial score (nSPS) is 11.4. The van der Waals surface area contributed by atoms with Gasteiger partial charge >= 0.3 is 5.97 Å². The summed E-state index contributed by atoms with van der Waals surface area (Å²) in [5.74, 6) is -0.925. The van der Waals surface area contributed by atoms with Crippen molar-refractivity contribution in [3.63, 3.8) is 0 Å². The summed E-state index contributed by atoms with van der Waals surface area (Å²) in [5, 5.41) is 21.0. The third-order valence-electron chi connectivity index (χ3n) is 5.75. The number of aromatic nitrogens is 3. The Morgan fingerprint density at radius 2 is 1.82 bits per heavy atom. The van der Waals surface area contributed by atoms with Crippen LogP contribution in [0.3, 0.4) is 0 Å². The number of halogens is 1. The van der Waals surface area contributed by atoms with Crippen LogP contribution in [0.4, 0.5) is 4.39 Å². The van der Waals surface area contributed by atoms with Gasteiger partial charge in [0, 0.05) is 29.1 Å². The Morgan fingerprint density at radius 3 is 2.51 bits per heavy atom. The highest BCUT2D eigenvalue weighted by molar-refractivity contribution is 7.89. The van der Waals surface area contributed by atoms with Gasteiger partial charge in [0.2, 0.25) is 15.2 Å². The van der Waals surface area contributed by atoms with E-state index >= 15 is 0 Å². The van der Waals surface area contributed by atoms with Crippen LogP contribution in [0.25, 0.3) is 16.4 Å². The third-order valence-corrected chi connectivity index (χ3v) is 7.51. The average molecular weight is 565 g/mol. The standard InChI is InChI=1S/C27H21FN4O5S2/c28-21-5-1-3-18(12-21)15-37-22-6-2-4-19(13-22)25-20(11-17-7-9-23(10-8-17)39(29,35)36)14-32(31-25)27-30-24(16-38-27)26(33)34/h1-10,12-14,16H,11,15H2,(H,33,34)(H2,29,35,36). The maximum Gasteiger partial charge on any atom is 0.355 e. The average Bonchev–Trinajstić information content (AvgIpc) is 3.56. The predicted molar refractivity (Wildman–Crippen MR) is 143 cm³/mol. The van der Waals surface area contributed by atoms with Crippen LogP contribution in [0.2, 0.25) is 0 Å². The van der Waals surface area contributed by atoms with E-state index < -0.39 is 16.0 Å². The molecule has 12 heteroatoms. The Bertz CT molecular complexity index is 1770. The number of thiazole rings is 1. The molecule has 3 N–H and O–H groups in total. The monoisotopic (exact) mass is 564 g/mol. The number of nitrogens with zero attached hydrogens (tertiary/aromatic N) is 3. The van der Waals surface area contributed by atoms with Crippen LogP contribution in [-0.2, 0) is 23.1 Å². The molecule has 9 nitrogen and oxygen atoms in total. The van der Waals surface area contributed by atoms with E-state index in [1.54, 1.807) is 36.5 Å². The van der Waals surface area contributed by atoms with Crippen molar-refractivity contribution in [2.24, 2.45) is 5.14 Å². The second-order valence-electron chi connectivity index (χ2n) is 8.58. The molecule has 0 aliphatic heterocycles. The molecular formula is C27H21FN4O5S2. The van der Waals surface area contributed by atoms with Crippen LogP contribution in [0.5, 0.6) is 5.75 Å². The zero-order chi connectivity index (χ0) is 27.6. The molecule has 5 aromatic rings. The number of hydrogen-bond donors (Lipinski definition) is 2. The van der Waals surface area contributed by atoms with Gasteiger partial charge in [-0.2, -0.15) is 5.10 Å². The second kappa shape index (κ2) is 10.8. The number of primary sulfonamides is 1. The minimum absolute atomic E-state index is 0.00861. The number of carboxylic acids is 1. The molecule has 3 aromatic carbocycles. The van der Waals surface area contributed by atoms with Gasteiger partial charge in [0.25, 0.3) is 0 Å². The van der Waals surface area contributed by atoms with Crippen LogP contribution < -0.4 is 9.88 Å². The maximum atomic E-state index is 13.5. The van der Waals surface area contributed by atoms with Gasteiger partial charge in [0.1, 0.15) is 18.2 Å². The molecular weight excluding hydrogens is 543 g/mol. The Labute approximate surface area is 227 Å². The molecule has 0 aliphatic rings. The van der Waals surface area contributed by atoms with Crippen molar-refractivity contribution in [3.05, 3.63) is 113 Å². The van der Waals surface area contributed by atoms with Crippen molar-refractivity contribution in [3.8, 4) is 22.1 Å². The molecule has 0 amide bonds. The van der Waals surface area contributed by atoms with E-state index in [0.717, 1.165) is 28.0 Å². The number of rotatable bonds is 9. The molecule has 39 heavy (non-hydrogen) atoms. The van der Waals surface area contributed by atoms with E-state index in [4.69, 9.17) is 15.0 Å². The van der Waals surface area contributed by atoms with Crippen LogP contribution in [0.15, 0.2) is 89.3 Å². The number of sulfonamides is 1. The molecule has 0 bridgehead atoms. The molecule has 0 aliphatic carbocycles. The number of carboxylic acid groups (broad SMARTS) is 1. The molecule has 198 valence electrons. The number of aromatic carboxylic acids is 1. The third kappa shape index (κ3) is 6.20. The highest BCUT2D eigenvalue weighted by atomic mass is 32.2. The molecule has 0 saturated carbocycles. The lowest BCUT2D eigenvalue weighted by atomic mass is 10.0. The van der Waals surface area contributed by atoms with Gasteiger partial charge in [0.05, 0.1) is 10.6 Å². The van der Waals surface area contributed by atoms with Crippen LogP contribution in [0, 0.1) is 5.82 Å². The molecule has 0 spiro atoms. The fraction of sp³-hybridized carbons (Fsp3) is 0.0741. The predicted octanol–water partition coefficient (Wildman–Crippen LogP) is 4.65. The van der Waals surface area contributed by atoms with Crippen molar-refractivity contribution in [1.29, 1.82) is 0 Å². The van der Waals surface area contributed by atoms with E-state index in [-0.39, 0.29) is 23.0 Å². The summed E-state index contributed by atoms with van der Waals surface area (Å²) >= 11 is 1.14. The van der Waals surface area contributed by atoms with Crippen LogP contribution >= 0.6 is 11.3 Å². The molecule has 5 rings (SSSR count). The van der Waals surface area contributed by atoms with Crippen molar-refractivity contribution in [2.45, 2.75) is 17.9 Å². The van der Waals surface area contributed by atoms with Gasteiger partial charge in [-0.15, -0.1) is 11.3 Å². The van der Waals surface area contributed by atoms with E-state index in [9.17, 15) is 22.7 Å². The second-order valence-corrected chi connectivity index (χ2v) is 11.0. The fourth-order valence-corrected chi connectivity index (χ4v) is 5.13. The highest BCUT2D eigenvalue weighted by Gasteiger charge is 2.17. The van der Waals surface area contributed by atoms with Crippen molar-refractivity contribution < 1.29 is 27.4 Å². The summed E-state index contributed by atoms with van der Waals surface area (Å²) < 4.78 is 44.2. The Hall–Kier alpha value is -4.39. The smallest absolute Gasteiger partial charge is 0.355 e. The Balaban J connectivity index is 1.48. The van der Waals surface area contributed by atoms with Crippen LogP contribution in [0.1, 0.15) is 27.2 Å². The minimum Gasteiger partial charge on any atom is -0.489 e. The maximum absolute atomic E-state index is 13.5. The zero-order valence-electron chi connectivity index (χ0n) is 20.2. The first-order valence-corrected chi connectivity index (χ1v) is 14.0. The summed E-state index contributed by atoms with van der Waals surface area (Å²) in [5.41, 5.74) is 3.54. The fourth-order valence-electron chi connectivity index (χ4n) is 3.89. The van der Waals surface area contributed by atoms with Gasteiger partial charge in [0.15, 0.2) is 5.69 Å². The highest BCUT2D eigenvalue weighted by Crippen LogP contribution is 2.30. The van der Waals surface area contributed by atoms with E-state index in [2.05, 4.69) is 4.98 Å². The number of benzene rings is 3. The molecule has 0 radical (unpaired) electrons. The van der Waals surface area contributed by atoms with Gasteiger partial charge in [-0.3, -0.25) is 0 Å². The van der Waals surface area contributed by atoms with Gasteiger partial charge < -0.3 is 9.84 Å². The summed E-state index contributed by atoms with van der Waals surface area (Å²) in [6.45, 7) is 0.177. The Morgan fingerprint density at radius 1 is 1.05 bits per heavy atom. The lowest BCUT2D eigenvalue weighted by Crippen LogP contribution is -2.11. The van der Waals surface area contributed by atoms with Crippen molar-refractivity contribution in [1.82, 2.24) is 14.8 Å². The first kappa shape index (κ1) is 26.2. The van der Waals surface area contributed by atoms with Gasteiger partial charge in [-0.25, -0.2) is 32.4 Å². The van der Waals surface area contributed by atoms with Crippen molar-refractivity contribution >= 4 is 27.3 Å². The molecule has 0 atom stereocenters. The molecule has 2 heterocycles. The van der Waals surface area contributed by atoms with E-state index in [1.165, 1.54) is 34.3 Å². The quantitative estimate of drug-likeness (QED) is 0.266. The Kier molecular flexibility index (Phi) is 7.24. The first-order chi connectivity index (χ1) is 18.7. The molecule has 0 saturated heterocycles. The first-order valence-electron chi connectivity index (χ1n) is 11.5. The molecule has 0 unspecified atom stereocenters. The minimum atomic E-state index is -3.82. The van der Waals surface area contributed by atoms with E-state index in [0.29, 0.717) is 28.6 Å². The van der Waals surface area contributed by atoms with Gasteiger partial charge in [-0.1, -0.05) is 36.4 Å². The number of carbonyl (C=O) groups is 1. The lowest BCUT2D eigenvalue weighted by Gasteiger charge is -2.09. The zero-order valence-corrected chi connectivity index (χ0v) is 21.8. The molecule has 2 aromatic heterocycles. The van der Waals surface area contributed by atoms with Crippen molar-refractivity contribution in [2.75, 3.05) is 0 Å². The summed E-state index contributed by atoms with van der Waals surface area (Å²) in [4.78, 5) is 15.5. The number of hydrogen-bond acceptors (Lipinski definition) is 7. The SMILES string of the molecule is NS(=O)(=O)c1ccc(Cc2cn(-c3nc(C(=O)O)cs3)nc2-c2cccc(OCc3cccc(F)c3)c2)cc1. The summed E-state index contributed by atoms with van der Waals surface area (Å²) in [6, 6.07) is 19.7. The van der Waals surface area contributed by atoms with E-state index in [1.807, 2.05) is 18.2 Å². The van der Waals surface area contributed by atoms with Crippen LogP contribution in [-0.4, -0.2) is 34.3 Å². The molecule has 0 fully saturated rings. The van der Waals surface area contributed by atoms with Gasteiger partial charge in [-0.05, 0) is 47.5 Å². The summed E-state index contributed by atoms with van der Waals surface area (Å²) in [6.07, 6.45) is 2.15.